The monoisotopic (exact) mass is 268 g/mol. The number of ether oxygens (including phenoxy) is 1. The molecule has 4 nitrogen and oxygen atoms in total. The van der Waals surface area contributed by atoms with E-state index in [0.29, 0.717) is 24.7 Å². The standard InChI is InChI=1S/C13H17ClN2O2/c1-13(9-15-5-6-18-13)12(17)16-8-10-3-2-4-11(14)7-10/h2-4,7,15H,5-6,8-9H2,1H3,(H,16,17). The third-order valence-corrected chi connectivity index (χ3v) is 3.22. The lowest BCUT2D eigenvalue weighted by atomic mass is 10.0. The SMILES string of the molecule is CC1(C(=O)NCc2cccc(Cl)c2)CNCCO1. The summed E-state index contributed by atoms with van der Waals surface area (Å²) in [5.74, 6) is -0.102. The molecule has 1 aromatic rings. The first kappa shape index (κ1) is 13.3. The quantitative estimate of drug-likeness (QED) is 0.870. The lowest BCUT2D eigenvalue weighted by molar-refractivity contribution is -0.148. The van der Waals surface area contributed by atoms with E-state index in [1.165, 1.54) is 0 Å². The van der Waals surface area contributed by atoms with E-state index in [9.17, 15) is 4.79 Å². The van der Waals surface area contributed by atoms with Crippen LogP contribution in [0.25, 0.3) is 0 Å². The zero-order valence-electron chi connectivity index (χ0n) is 10.3. The molecule has 1 unspecified atom stereocenters. The van der Waals surface area contributed by atoms with Crippen molar-refractivity contribution >= 4 is 17.5 Å². The van der Waals surface area contributed by atoms with Crippen LogP contribution in [-0.4, -0.2) is 31.2 Å². The van der Waals surface area contributed by atoms with Gasteiger partial charge in [-0.25, -0.2) is 0 Å². The number of hydrogen-bond donors (Lipinski definition) is 2. The predicted octanol–water partition coefficient (Wildman–Crippen LogP) is 1.33. The summed E-state index contributed by atoms with van der Waals surface area (Å²) in [6, 6.07) is 7.44. The van der Waals surface area contributed by atoms with E-state index in [4.69, 9.17) is 16.3 Å². The average molecular weight is 269 g/mol. The second kappa shape index (κ2) is 5.69. The third-order valence-electron chi connectivity index (χ3n) is 2.98. The van der Waals surface area contributed by atoms with Gasteiger partial charge in [0.05, 0.1) is 6.61 Å². The molecule has 1 amide bonds. The van der Waals surface area contributed by atoms with Crippen LogP contribution in [0.3, 0.4) is 0 Å². The van der Waals surface area contributed by atoms with Gasteiger partial charge >= 0.3 is 0 Å². The summed E-state index contributed by atoms with van der Waals surface area (Å²) in [5, 5.41) is 6.70. The fourth-order valence-corrected chi connectivity index (χ4v) is 2.10. The lowest BCUT2D eigenvalue weighted by Crippen LogP contribution is -2.56. The molecule has 18 heavy (non-hydrogen) atoms. The van der Waals surface area contributed by atoms with Crippen LogP contribution in [0.5, 0.6) is 0 Å². The number of hydrogen-bond acceptors (Lipinski definition) is 3. The molecule has 5 heteroatoms. The summed E-state index contributed by atoms with van der Waals surface area (Å²) < 4.78 is 5.54. The molecule has 98 valence electrons. The van der Waals surface area contributed by atoms with E-state index in [2.05, 4.69) is 10.6 Å². The molecule has 1 atom stereocenters. The van der Waals surface area contributed by atoms with Gasteiger partial charge in [0, 0.05) is 24.7 Å². The summed E-state index contributed by atoms with van der Waals surface area (Å²) in [4.78, 5) is 12.1. The Morgan fingerprint density at radius 3 is 3.11 bits per heavy atom. The minimum Gasteiger partial charge on any atom is -0.363 e. The van der Waals surface area contributed by atoms with Gasteiger partial charge < -0.3 is 15.4 Å². The number of morpholine rings is 1. The fourth-order valence-electron chi connectivity index (χ4n) is 1.89. The summed E-state index contributed by atoms with van der Waals surface area (Å²) >= 11 is 5.89. The smallest absolute Gasteiger partial charge is 0.253 e. The highest BCUT2D eigenvalue weighted by Crippen LogP contribution is 2.14. The zero-order chi connectivity index (χ0) is 13.0. The van der Waals surface area contributed by atoms with Crippen LogP contribution < -0.4 is 10.6 Å². The van der Waals surface area contributed by atoms with Crippen LogP contribution in [0.4, 0.5) is 0 Å². The van der Waals surface area contributed by atoms with Crippen LogP contribution >= 0.6 is 11.6 Å². The van der Waals surface area contributed by atoms with Crippen molar-refractivity contribution in [1.29, 1.82) is 0 Å². The second-order valence-corrected chi connectivity index (χ2v) is 5.01. The minimum atomic E-state index is -0.781. The number of halogens is 1. The molecule has 1 saturated heterocycles. The first-order valence-corrected chi connectivity index (χ1v) is 6.35. The van der Waals surface area contributed by atoms with E-state index in [0.717, 1.165) is 12.1 Å². The van der Waals surface area contributed by atoms with E-state index in [-0.39, 0.29) is 5.91 Å². The van der Waals surface area contributed by atoms with Crippen LogP contribution in [-0.2, 0) is 16.1 Å². The molecule has 1 aliphatic heterocycles. The maximum atomic E-state index is 12.1. The largest absolute Gasteiger partial charge is 0.363 e. The fraction of sp³-hybridized carbons (Fsp3) is 0.462. The van der Waals surface area contributed by atoms with Crippen LogP contribution in [0.2, 0.25) is 5.02 Å². The number of benzene rings is 1. The van der Waals surface area contributed by atoms with E-state index < -0.39 is 5.60 Å². The van der Waals surface area contributed by atoms with Crippen molar-refractivity contribution in [3.63, 3.8) is 0 Å². The van der Waals surface area contributed by atoms with E-state index >= 15 is 0 Å². The molecule has 0 aromatic heterocycles. The normalized spacial score (nSPS) is 23.7. The molecule has 0 bridgehead atoms. The Balaban J connectivity index is 1.91. The highest BCUT2D eigenvalue weighted by molar-refractivity contribution is 6.30. The topological polar surface area (TPSA) is 50.4 Å². The molecule has 2 N–H and O–H groups in total. The Kier molecular flexibility index (Phi) is 4.22. The summed E-state index contributed by atoms with van der Waals surface area (Å²) in [5.41, 5.74) is 0.194. The summed E-state index contributed by atoms with van der Waals surface area (Å²) in [6.45, 7) is 4.14. The maximum absolute atomic E-state index is 12.1. The molecular weight excluding hydrogens is 252 g/mol. The third kappa shape index (κ3) is 3.22. The van der Waals surface area contributed by atoms with Crippen molar-refractivity contribution in [2.24, 2.45) is 0 Å². The Bertz CT molecular complexity index is 431. The van der Waals surface area contributed by atoms with Crippen LogP contribution in [0.15, 0.2) is 24.3 Å². The summed E-state index contributed by atoms with van der Waals surface area (Å²) in [7, 11) is 0. The minimum absolute atomic E-state index is 0.102. The first-order chi connectivity index (χ1) is 8.60. The number of carbonyl (C=O) groups excluding carboxylic acids is 1. The van der Waals surface area contributed by atoms with Crippen molar-refractivity contribution in [3.05, 3.63) is 34.9 Å². The maximum Gasteiger partial charge on any atom is 0.253 e. The number of carbonyl (C=O) groups is 1. The summed E-state index contributed by atoms with van der Waals surface area (Å²) in [6.07, 6.45) is 0. The Hall–Kier alpha value is -1.10. The number of nitrogens with one attached hydrogen (secondary N) is 2. The molecule has 1 aliphatic rings. The first-order valence-electron chi connectivity index (χ1n) is 5.98. The Morgan fingerprint density at radius 2 is 2.44 bits per heavy atom. The van der Waals surface area contributed by atoms with Crippen molar-refractivity contribution in [1.82, 2.24) is 10.6 Å². The van der Waals surface area contributed by atoms with Gasteiger partial charge in [-0.15, -0.1) is 0 Å². The molecule has 0 radical (unpaired) electrons. The van der Waals surface area contributed by atoms with Crippen molar-refractivity contribution in [2.45, 2.75) is 19.1 Å². The Labute approximate surface area is 112 Å². The Morgan fingerprint density at radius 1 is 1.61 bits per heavy atom. The molecule has 2 rings (SSSR count). The van der Waals surface area contributed by atoms with Gasteiger partial charge in [-0.2, -0.15) is 0 Å². The van der Waals surface area contributed by atoms with Gasteiger partial charge in [-0.05, 0) is 24.6 Å². The molecule has 0 spiro atoms. The molecule has 1 fully saturated rings. The molecule has 1 aromatic carbocycles. The van der Waals surface area contributed by atoms with Gasteiger partial charge in [-0.1, -0.05) is 23.7 Å². The second-order valence-electron chi connectivity index (χ2n) is 4.57. The molecule has 1 heterocycles. The van der Waals surface area contributed by atoms with Gasteiger partial charge in [0.1, 0.15) is 0 Å². The zero-order valence-corrected chi connectivity index (χ0v) is 11.1. The van der Waals surface area contributed by atoms with Crippen molar-refractivity contribution < 1.29 is 9.53 Å². The molecule has 0 saturated carbocycles. The number of rotatable bonds is 3. The molecular formula is C13H17ClN2O2. The highest BCUT2D eigenvalue weighted by Gasteiger charge is 2.35. The van der Waals surface area contributed by atoms with E-state index in [1.54, 1.807) is 6.92 Å². The van der Waals surface area contributed by atoms with Crippen molar-refractivity contribution in [3.8, 4) is 0 Å². The highest BCUT2D eigenvalue weighted by atomic mass is 35.5. The van der Waals surface area contributed by atoms with Crippen LogP contribution in [0.1, 0.15) is 12.5 Å². The molecule has 0 aliphatic carbocycles. The van der Waals surface area contributed by atoms with E-state index in [1.807, 2.05) is 24.3 Å². The average Bonchev–Trinajstić information content (AvgIpc) is 2.37. The van der Waals surface area contributed by atoms with Gasteiger partial charge in [0.25, 0.3) is 5.91 Å². The lowest BCUT2D eigenvalue weighted by Gasteiger charge is -2.32. The van der Waals surface area contributed by atoms with Crippen LogP contribution in [0, 0.1) is 0 Å². The van der Waals surface area contributed by atoms with Crippen molar-refractivity contribution in [2.75, 3.05) is 19.7 Å². The van der Waals surface area contributed by atoms with Gasteiger partial charge in [0.2, 0.25) is 0 Å². The number of amides is 1. The predicted molar refractivity (Wildman–Crippen MR) is 70.5 cm³/mol. The van der Waals surface area contributed by atoms with Gasteiger partial charge in [-0.3, -0.25) is 4.79 Å². The van der Waals surface area contributed by atoms with Gasteiger partial charge in [0.15, 0.2) is 5.60 Å².